The molecule has 1 aromatic carbocycles. The number of benzene rings is 1. The third-order valence-corrected chi connectivity index (χ3v) is 5.25. The number of nitrogens with zero attached hydrogens (tertiary/aromatic N) is 3. The van der Waals surface area contributed by atoms with Crippen molar-refractivity contribution in [2.75, 3.05) is 0 Å². The molecular formula is C18H15BrN4O2. The van der Waals surface area contributed by atoms with Gasteiger partial charge in [0.1, 0.15) is 5.69 Å². The average Bonchev–Trinajstić information content (AvgIpc) is 3.06. The second-order valence-electron chi connectivity index (χ2n) is 6.16. The van der Waals surface area contributed by atoms with Crippen LogP contribution in [0.25, 0.3) is 11.5 Å². The molecule has 0 aliphatic heterocycles. The molecule has 1 aliphatic rings. The zero-order chi connectivity index (χ0) is 17.4. The molecule has 0 saturated heterocycles. The maximum atomic E-state index is 11.1. The van der Waals surface area contributed by atoms with Crippen molar-refractivity contribution in [3.05, 3.63) is 64.1 Å². The third-order valence-electron chi connectivity index (χ3n) is 4.72. The highest BCUT2D eigenvalue weighted by Gasteiger charge is 2.44. The minimum absolute atomic E-state index is 0.191. The van der Waals surface area contributed by atoms with Crippen molar-refractivity contribution < 1.29 is 9.32 Å². The van der Waals surface area contributed by atoms with Gasteiger partial charge in [-0.05, 0) is 42.7 Å². The Labute approximate surface area is 152 Å². The van der Waals surface area contributed by atoms with Crippen molar-refractivity contribution >= 4 is 21.8 Å². The molecule has 0 atom stereocenters. The van der Waals surface area contributed by atoms with Gasteiger partial charge in [-0.15, -0.1) is 0 Å². The van der Waals surface area contributed by atoms with Crippen molar-refractivity contribution in [3.63, 3.8) is 0 Å². The van der Waals surface area contributed by atoms with E-state index >= 15 is 0 Å². The number of hydrogen-bond donors (Lipinski definition) is 1. The summed E-state index contributed by atoms with van der Waals surface area (Å²) >= 11 is 3.47. The van der Waals surface area contributed by atoms with Crippen LogP contribution in [0, 0.1) is 0 Å². The molecule has 2 N–H and O–H groups in total. The minimum Gasteiger partial charge on any atom is -0.364 e. The number of rotatable bonds is 4. The summed E-state index contributed by atoms with van der Waals surface area (Å²) in [6.45, 7) is 0. The van der Waals surface area contributed by atoms with Gasteiger partial charge >= 0.3 is 0 Å². The van der Waals surface area contributed by atoms with Gasteiger partial charge in [-0.1, -0.05) is 39.6 Å². The van der Waals surface area contributed by atoms with Crippen LogP contribution < -0.4 is 5.73 Å². The summed E-state index contributed by atoms with van der Waals surface area (Å²) in [6, 6.07) is 11.5. The van der Waals surface area contributed by atoms with Gasteiger partial charge in [0.05, 0.1) is 11.0 Å². The Morgan fingerprint density at radius 3 is 2.48 bits per heavy atom. The van der Waals surface area contributed by atoms with E-state index in [1.807, 2.05) is 12.1 Å². The summed E-state index contributed by atoms with van der Waals surface area (Å²) in [5.41, 5.74) is 7.07. The molecule has 0 unspecified atom stereocenters. The number of carbonyl (C=O) groups is 1. The number of nitrogens with two attached hydrogens (primary N) is 1. The van der Waals surface area contributed by atoms with Crippen molar-refractivity contribution in [3.8, 4) is 11.5 Å². The molecule has 2 aromatic heterocycles. The van der Waals surface area contributed by atoms with Gasteiger partial charge in [0.25, 0.3) is 11.8 Å². The van der Waals surface area contributed by atoms with Gasteiger partial charge in [-0.25, -0.2) is 0 Å². The highest BCUT2D eigenvalue weighted by Crippen LogP contribution is 2.48. The van der Waals surface area contributed by atoms with E-state index in [-0.39, 0.29) is 11.1 Å². The first kappa shape index (κ1) is 16.0. The second kappa shape index (κ2) is 6.07. The summed E-state index contributed by atoms with van der Waals surface area (Å²) in [4.78, 5) is 19.7. The number of primary amides is 1. The molecule has 1 fully saturated rings. The van der Waals surface area contributed by atoms with Crippen LogP contribution in [0.3, 0.4) is 0 Å². The summed E-state index contributed by atoms with van der Waals surface area (Å²) in [5, 5.41) is 4.23. The fourth-order valence-corrected chi connectivity index (χ4v) is 3.41. The Morgan fingerprint density at radius 1 is 1.16 bits per heavy atom. The lowest BCUT2D eigenvalue weighted by Crippen LogP contribution is -2.36. The van der Waals surface area contributed by atoms with E-state index < -0.39 is 5.91 Å². The van der Waals surface area contributed by atoms with Crippen LogP contribution >= 0.6 is 15.9 Å². The average molecular weight is 399 g/mol. The molecule has 4 rings (SSSR count). The SMILES string of the molecule is NC(=O)c1ccc(-c2nc(C3(c4ccc(Br)cc4)CCC3)no2)cn1. The number of carbonyl (C=O) groups excluding carboxylic acids is 1. The zero-order valence-corrected chi connectivity index (χ0v) is 14.9. The molecule has 6 nitrogen and oxygen atoms in total. The van der Waals surface area contributed by atoms with E-state index in [9.17, 15) is 4.79 Å². The summed E-state index contributed by atoms with van der Waals surface area (Å²) < 4.78 is 6.49. The fourth-order valence-electron chi connectivity index (χ4n) is 3.14. The minimum atomic E-state index is -0.568. The van der Waals surface area contributed by atoms with Gasteiger partial charge in [0.2, 0.25) is 0 Å². The standard InChI is InChI=1S/C18H15BrN4O2/c19-13-5-3-12(4-6-13)18(8-1-9-18)17-22-16(25-23-17)11-2-7-14(15(20)24)21-10-11/h2-7,10H,1,8-9H2,(H2,20,24). The number of aromatic nitrogens is 3. The Kier molecular flexibility index (Phi) is 3.88. The van der Waals surface area contributed by atoms with E-state index in [1.165, 1.54) is 11.8 Å². The highest BCUT2D eigenvalue weighted by molar-refractivity contribution is 9.10. The molecular weight excluding hydrogens is 384 g/mol. The summed E-state index contributed by atoms with van der Waals surface area (Å²) in [5.74, 6) is 0.512. The maximum absolute atomic E-state index is 11.1. The van der Waals surface area contributed by atoms with E-state index in [0.29, 0.717) is 17.3 Å². The molecule has 0 spiro atoms. The topological polar surface area (TPSA) is 94.9 Å². The Bertz CT molecular complexity index is 915. The summed E-state index contributed by atoms with van der Waals surface area (Å²) in [6.07, 6.45) is 4.64. The molecule has 0 radical (unpaired) electrons. The largest absolute Gasteiger partial charge is 0.364 e. The van der Waals surface area contributed by atoms with Gasteiger partial charge in [-0.2, -0.15) is 4.98 Å². The predicted octanol–water partition coefficient (Wildman–Crippen LogP) is 3.46. The Morgan fingerprint density at radius 2 is 1.92 bits per heavy atom. The first-order valence-corrected chi connectivity index (χ1v) is 8.74. The number of halogens is 1. The third kappa shape index (κ3) is 2.74. The normalized spacial score (nSPS) is 15.6. The molecule has 3 aromatic rings. The van der Waals surface area contributed by atoms with Crippen LogP contribution in [0.15, 0.2) is 51.6 Å². The molecule has 1 saturated carbocycles. The molecule has 1 aliphatic carbocycles. The monoisotopic (exact) mass is 398 g/mol. The lowest BCUT2D eigenvalue weighted by molar-refractivity contribution is 0.0995. The fraction of sp³-hybridized carbons (Fsp3) is 0.222. The van der Waals surface area contributed by atoms with Crippen LogP contribution in [0.5, 0.6) is 0 Å². The van der Waals surface area contributed by atoms with Gasteiger partial charge in [0, 0.05) is 10.7 Å². The molecule has 25 heavy (non-hydrogen) atoms. The van der Waals surface area contributed by atoms with Crippen LogP contribution in [0.2, 0.25) is 0 Å². The highest BCUT2D eigenvalue weighted by atomic mass is 79.9. The maximum Gasteiger partial charge on any atom is 0.267 e. The molecule has 7 heteroatoms. The van der Waals surface area contributed by atoms with Gasteiger partial charge in [0.15, 0.2) is 5.82 Å². The zero-order valence-electron chi connectivity index (χ0n) is 13.3. The van der Waals surface area contributed by atoms with Crippen LogP contribution in [0.4, 0.5) is 0 Å². The molecule has 1 amide bonds. The lowest BCUT2D eigenvalue weighted by atomic mass is 9.64. The van der Waals surface area contributed by atoms with Crippen LogP contribution in [-0.2, 0) is 5.41 Å². The second-order valence-corrected chi connectivity index (χ2v) is 7.08. The van der Waals surface area contributed by atoms with E-state index in [1.54, 1.807) is 12.1 Å². The molecule has 0 bridgehead atoms. The van der Waals surface area contributed by atoms with Crippen molar-refractivity contribution in [2.24, 2.45) is 5.73 Å². The van der Waals surface area contributed by atoms with E-state index in [0.717, 1.165) is 23.7 Å². The number of hydrogen-bond acceptors (Lipinski definition) is 5. The van der Waals surface area contributed by atoms with E-state index in [4.69, 9.17) is 10.3 Å². The predicted molar refractivity (Wildman–Crippen MR) is 94.8 cm³/mol. The van der Waals surface area contributed by atoms with Crippen molar-refractivity contribution in [2.45, 2.75) is 24.7 Å². The van der Waals surface area contributed by atoms with Crippen molar-refractivity contribution in [1.82, 2.24) is 15.1 Å². The molecule has 2 heterocycles. The smallest absolute Gasteiger partial charge is 0.267 e. The quantitative estimate of drug-likeness (QED) is 0.725. The molecule has 126 valence electrons. The number of amides is 1. The van der Waals surface area contributed by atoms with Gasteiger partial charge < -0.3 is 10.3 Å². The Balaban J connectivity index is 1.68. The summed E-state index contributed by atoms with van der Waals surface area (Å²) in [7, 11) is 0. The lowest BCUT2D eigenvalue weighted by Gasteiger charge is -2.39. The number of pyridine rings is 1. The first-order valence-electron chi connectivity index (χ1n) is 7.95. The Hall–Kier alpha value is -2.54. The van der Waals surface area contributed by atoms with Crippen LogP contribution in [0.1, 0.15) is 41.1 Å². The van der Waals surface area contributed by atoms with Crippen molar-refractivity contribution in [1.29, 1.82) is 0 Å². The van der Waals surface area contributed by atoms with E-state index in [2.05, 4.69) is 43.2 Å². The van der Waals surface area contributed by atoms with Crippen LogP contribution in [-0.4, -0.2) is 21.0 Å². The first-order chi connectivity index (χ1) is 12.1. The van der Waals surface area contributed by atoms with Gasteiger partial charge in [-0.3, -0.25) is 9.78 Å².